The molecule has 0 aliphatic carbocycles. The topological polar surface area (TPSA) is 191 Å². The van der Waals surface area contributed by atoms with E-state index >= 15 is 0 Å². The predicted molar refractivity (Wildman–Crippen MR) is 122 cm³/mol. The van der Waals surface area contributed by atoms with Crippen LogP contribution in [0.1, 0.15) is 15.9 Å². The summed E-state index contributed by atoms with van der Waals surface area (Å²) in [5, 5.41) is 39.2. The third kappa shape index (κ3) is 8.68. The highest BCUT2D eigenvalue weighted by molar-refractivity contribution is 5.94. The molecule has 1 heterocycles. The van der Waals surface area contributed by atoms with Gasteiger partial charge in [-0.3, -0.25) is 9.69 Å². The number of nitrogens with one attached hydrogen (secondary N) is 1. The summed E-state index contributed by atoms with van der Waals surface area (Å²) in [7, 11) is 0. The van der Waals surface area contributed by atoms with E-state index in [0.717, 1.165) is 26.8 Å². The van der Waals surface area contributed by atoms with Gasteiger partial charge in [0, 0.05) is 52.4 Å². The zero-order chi connectivity index (χ0) is 28.6. The number of carbonyl (C=O) groups is 5. The van der Waals surface area contributed by atoms with Crippen LogP contribution in [0.5, 0.6) is 0 Å². The Morgan fingerprint density at radius 1 is 0.737 bits per heavy atom. The lowest BCUT2D eigenvalue weighted by Crippen LogP contribution is -2.50. The molecule has 210 valence electrons. The summed E-state index contributed by atoms with van der Waals surface area (Å²) in [6.45, 7) is -2.13. The van der Waals surface area contributed by atoms with Gasteiger partial charge in [-0.15, -0.1) is 0 Å². The van der Waals surface area contributed by atoms with Crippen LogP contribution in [-0.2, 0) is 11.0 Å². The Bertz CT molecular complexity index is 1040. The lowest BCUT2D eigenvalue weighted by Gasteiger charge is -2.31. The molecule has 2 rings (SSSR count). The van der Waals surface area contributed by atoms with Crippen molar-refractivity contribution in [3.8, 4) is 0 Å². The normalized spacial score (nSPS) is 16.2. The first-order chi connectivity index (χ1) is 17.7. The van der Waals surface area contributed by atoms with E-state index in [9.17, 15) is 52.5 Å². The number of rotatable bonds is 4. The number of hydrogen-bond acceptors (Lipinski definition) is 6. The van der Waals surface area contributed by atoms with Crippen molar-refractivity contribution in [2.24, 2.45) is 0 Å². The van der Waals surface area contributed by atoms with Crippen LogP contribution in [0.4, 0.5) is 33.2 Å². The zero-order valence-electron chi connectivity index (χ0n) is 19.8. The number of nitrogens with zero attached hydrogens (tertiary/aromatic N) is 4. The average molecular weight is 549 g/mol. The van der Waals surface area contributed by atoms with Crippen LogP contribution in [0.3, 0.4) is 0 Å². The van der Waals surface area contributed by atoms with E-state index in [1.807, 2.05) is 0 Å². The molecule has 14 nitrogen and oxygen atoms in total. The quantitative estimate of drug-likeness (QED) is 0.369. The van der Waals surface area contributed by atoms with Gasteiger partial charge in [-0.05, 0) is 18.2 Å². The van der Waals surface area contributed by atoms with Gasteiger partial charge in [0.15, 0.2) is 0 Å². The van der Waals surface area contributed by atoms with Crippen molar-refractivity contribution in [1.82, 2.24) is 19.6 Å². The molecule has 0 aromatic heterocycles. The number of aromatic carboxylic acids is 1. The maximum atomic E-state index is 13.5. The number of halogens is 3. The first-order valence-electron chi connectivity index (χ1n) is 11.1. The van der Waals surface area contributed by atoms with E-state index in [1.54, 1.807) is 0 Å². The van der Waals surface area contributed by atoms with Gasteiger partial charge in [-0.1, -0.05) is 0 Å². The molecule has 1 aromatic rings. The van der Waals surface area contributed by atoms with Crippen LogP contribution in [-0.4, -0.2) is 129 Å². The molecule has 1 aliphatic heterocycles. The summed E-state index contributed by atoms with van der Waals surface area (Å²) in [6.07, 6.45) is -9.06. The third-order valence-electron chi connectivity index (χ3n) is 5.68. The molecular weight excluding hydrogens is 523 g/mol. The first-order valence-corrected chi connectivity index (χ1v) is 11.1. The van der Waals surface area contributed by atoms with Gasteiger partial charge in [-0.2, -0.15) is 13.2 Å². The Hall–Kier alpha value is -4.28. The second-order valence-corrected chi connectivity index (χ2v) is 8.20. The van der Waals surface area contributed by atoms with Crippen LogP contribution in [0.15, 0.2) is 18.2 Å². The van der Waals surface area contributed by atoms with Gasteiger partial charge < -0.3 is 40.4 Å². The van der Waals surface area contributed by atoms with Crippen molar-refractivity contribution in [2.75, 3.05) is 64.2 Å². The number of carboxylic acid groups (broad SMARTS) is 4. The van der Waals surface area contributed by atoms with Gasteiger partial charge in [0.2, 0.25) is 5.91 Å². The average Bonchev–Trinajstić information content (AvgIpc) is 2.79. The van der Waals surface area contributed by atoms with Gasteiger partial charge in [0.1, 0.15) is 0 Å². The lowest BCUT2D eigenvalue weighted by molar-refractivity contribution is -0.137. The minimum absolute atomic E-state index is 0.121. The molecule has 0 radical (unpaired) electrons. The number of amides is 4. The minimum atomic E-state index is -4.98. The third-order valence-corrected chi connectivity index (χ3v) is 5.68. The number of benzene rings is 1. The standard InChI is InChI=1S/C21H26F3N5O9/c22-21(23,24)14-11-13(17(31)32)1-2-15(14)25-16(30)12-26-3-5-27(18(33)34)7-9-29(20(37)38)10-8-28(6-4-26)19(35)36/h1-2,11H,3-10,12H2,(H,25,30)(H,31,32)(H,33,34)(H,35,36)(H,37,38). The summed E-state index contributed by atoms with van der Waals surface area (Å²) in [4.78, 5) is 62.3. The molecule has 5 N–H and O–H groups in total. The molecule has 17 heteroatoms. The Morgan fingerprint density at radius 2 is 1.16 bits per heavy atom. The van der Waals surface area contributed by atoms with Gasteiger partial charge in [0.05, 0.1) is 23.4 Å². The number of anilines is 1. The van der Waals surface area contributed by atoms with Gasteiger partial charge >= 0.3 is 30.4 Å². The molecule has 1 saturated heterocycles. The fourth-order valence-corrected chi connectivity index (χ4v) is 3.60. The number of carbonyl (C=O) groups excluding carboxylic acids is 1. The first kappa shape index (κ1) is 29.9. The largest absolute Gasteiger partial charge is 0.478 e. The maximum absolute atomic E-state index is 13.5. The molecule has 1 aliphatic rings. The SMILES string of the molecule is O=C(CN1CCN(C(=O)O)CCN(C(=O)O)CCN(C(=O)O)CC1)Nc1ccc(C(=O)O)cc1C(F)(F)F. The highest BCUT2D eigenvalue weighted by atomic mass is 19.4. The Morgan fingerprint density at radius 3 is 1.53 bits per heavy atom. The summed E-state index contributed by atoms with van der Waals surface area (Å²) in [6, 6.07) is 2.07. The molecule has 4 amide bonds. The summed E-state index contributed by atoms with van der Waals surface area (Å²) in [5.74, 6) is -2.53. The molecule has 38 heavy (non-hydrogen) atoms. The van der Waals surface area contributed by atoms with Gasteiger partial charge in [-0.25, -0.2) is 19.2 Å². The van der Waals surface area contributed by atoms with Crippen LogP contribution in [0.2, 0.25) is 0 Å². The number of hydrogen-bond donors (Lipinski definition) is 5. The van der Waals surface area contributed by atoms with Crippen LogP contribution in [0, 0.1) is 0 Å². The van der Waals surface area contributed by atoms with Gasteiger partial charge in [0.25, 0.3) is 0 Å². The molecule has 0 atom stereocenters. The minimum Gasteiger partial charge on any atom is -0.478 e. The van der Waals surface area contributed by atoms with Crippen molar-refractivity contribution in [3.63, 3.8) is 0 Å². The second-order valence-electron chi connectivity index (χ2n) is 8.20. The van der Waals surface area contributed by atoms with Crippen molar-refractivity contribution in [2.45, 2.75) is 6.18 Å². The summed E-state index contributed by atoms with van der Waals surface area (Å²) >= 11 is 0. The van der Waals surface area contributed by atoms with Crippen LogP contribution in [0.25, 0.3) is 0 Å². The molecule has 0 saturated carbocycles. The fourth-order valence-electron chi connectivity index (χ4n) is 3.60. The molecular formula is C21H26F3N5O9. The van der Waals surface area contributed by atoms with Crippen molar-refractivity contribution in [1.29, 1.82) is 0 Å². The predicted octanol–water partition coefficient (Wildman–Crippen LogP) is 1.60. The molecule has 1 fully saturated rings. The fraction of sp³-hybridized carbons (Fsp3) is 0.476. The maximum Gasteiger partial charge on any atom is 0.418 e. The van der Waals surface area contributed by atoms with E-state index in [2.05, 4.69) is 5.32 Å². The highest BCUT2D eigenvalue weighted by Gasteiger charge is 2.35. The Labute approximate surface area is 213 Å². The smallest absolute Gasteiger partial charge is 0.418 e. The Balaban J connectivity index is 2.22. The monoisotopic (exact) mass is 549 g/mol. The van der Waals surface area contributed by atoms with Crippen LogP contribution < -0.4 is 5.32 Å². The van der Waals surface area contributed by atoms with E-state index in [4.69, 9.17) is 5.11 Å². The molecule has 0 unspecified atom stereocenters. The van der Waals surface area contributed by atoms with Crippen LogP contribution >= 0.6 is 0 Å². The lowest BCUT2D eigenvalue weighted by atomic mass is 10.1. The van der Waals surface area contributed by atoms with Crippen molar-refractivity contribution in [3.05, 3.63) is 29.3 Å². The summed E-state index contributed by atoms with van der Waals surface area (Å²) < 4.78 is 40.4. The molecule has 0 spiro atoms. The van der Waals surface area contributed by atoms with E-state index < -0.39 is 59.7 Å². The summed E-state index contributed by atoms with van der Waals surface area (Å²) in [5.41, 5.74) is -2.70. The number of carboxylic acids is 1. The highest BCUT2D eigenvalue weighted by Crippen LogP contribution is 2.35. The second kappa shape index (κ2) is 12.8. The zero-order valence-corrected chi connectivity index (χ0v) is 19.8. The van der Waals surface area contributed by atoms with E-state index in [0.29, 0.717) is 6.07 Å². The van der Waals surface area contributed by atoms with Crippen molar-refractivity contribution < 1.29 is 57.6 Å². The van der Waals surface area contributed by atoms with Crippen molar-refractivity contribution >= 4 is 35.8 Å². The Kier molecular flexibility index (Phi) is 10.1. The molecule has 0 bridgehead atoms. The van der Waals surface area contributed by atoms with E-state index in [1.165, 1.54) is 4.90 Å². The van der Waals surface area contributed by atoms with E-state index in [-0.39, 0.29) is 52.4 Å². The number of alkyl halides is 3. The molecule has 1 aromatic carbocycles.